The van der Waals surface area contributed by atoms with Crippen LogP contribution >= 0.6 is 7.82 Å². The molecular formula is C60H96N3O13P. The van der Waals surface area contributed by atoms with Gasteiger partial charge in [0.1, 0.15) is 29.8 Å². The number of esters is 1. The quantitative estimate of drug-likeness (QED) is 0.0211. The lowest BCUT2D eigenvalue weighted by Crippen LogP contribution is -2.45. The number of phosphoric acid groups is 1. The summed E-state index contributed by atoms with van der Waals surface area (Å²) in [7, 11) is -2.51. The third-order valence-corrected chi connectivity index (χ3v) is 17.6. The number of benzene rings is 2. The summed E-state index contributed by atoms with van der Waals surface area (Å²) in [4.78, 5) is 49.5. The van der Waals surface area contributed by atoms with Gasteiger partial charge in [-0.05, 0) is 105 Å². The fraction of sp³-hybridized carbons (Fsp3) is 0.733. The van der Waals surface area contributed by atoms with Crippen LogP contribution in [-0.2, 0) is 48.6 Å². The van der Waals surface area contributed by atoms with E-state index in [4.69, 9.17) is 38.3 Å². The highest BCUT2D eigenvalue weighted by molar-refractivity contribution is 7.48. The largest absolute Gasteiger partial charge is 0.530 e. The van der Waals surface area contributed by atoms with Gasteiger partial charge in [-0.3, -0.25) is 23.4 Å². The highest BCUT2D eigenvalue weighted by atomic mass is 31.2. The van der Waals surface area contributed by atoms with E-state index >= 15 is 0 Å². The third kappa shape index (κ3) is 21.1. The second-order valence-corrected chi connectivity index (χ2v) is 23.5. The first kappa shape index (κ1) is 63.6. The minimum Gasteiger partial charge on any atom is -0.505 e. The lowest BCUT2D eigenvalue weighted by molar-refractivity contribution is -0.163. The van der Waals surface area contributed by atoms with Gasteiger partial charge in [-0.2, -0.15) is 0 Å². The molecule has 0 bridgehead atoms. The number of primary amides is 1. The zero-order chi connectivity index (χ0) is 55.3. The van der Waals surface area contributed by atoms with Crippen molar-refractivity contribution in [1.82, 2.24) is 5.32 Å². The maximum Gasteiger partial charge on any atom is 0.530 e. The predicted octanol–water partition coefficient (Wildman–Crippen LogP) is 13.2. The van der Waals surface area contributed by atoms with E-state index in [1.165, 1.54) is 120 Å². The Labute approximate surface area is 460 Å². The second kappa shape index (κ2) is 34.7. The van der Waals surface area contributed by atoms with Crippen LogP contribution in [0, 0.1) is 17.3 Å². The molecule has 5 atom stereocenters. The molecule has 5 N–H and O–H groups in total. The Morgan fingerprint density at radius 2 is 1.31 bits per heavy atom. The first-order valence-electron chi connectivity index (χ1n) is 29.6. The zero-order valence-corrected chi connectivity index (χ0v) is 48.2. The SMILES string of the molecule is CCCCCCCCCCCCOP(=O)(OCCCCCCCCCCCC)Oc1ccc2c(c1)CCC1C2CCC2(C)C(OC(=O)COCCOCCNC(=O)CCC(=O)Nc3ccc(OC)c(C(N)=O)c3O)CCC12. The number of carbonyl (C=O) groups is 4. The van der Waals surface area contributed by atoms with Crippen molar-refractivity contribution >= 4 is 37.2 Å². The Bertz CT molecular complexity index is 2130. The molecule has 0 spiro atoms. The van der Waals surface area contributed by atoms with Crippen molar-refractivity contribution in [2.24, 2.45) is 23.0 Å². The number of aryl methyl sites for hydroxylation is 1. The Kier molecular flexibility index (Phi) is 28.7. The van der Waals surface area contributed by atoms with E-state index < -0.39 is 25.4 Å². The summed E-state index contributed by atoms with van der Waals surface area (Å²) >= 11 is 0. The molecule has 2 saturated carbocycles. The lowest BCUT2D eigenvalue weighted by atomic mass is 9.55. The van der Waals surface area contributed by atoms with Crippen molar-refractivity contribution in [3.63, 3.8) is 0 Å². The van der Waals surface area contributed by atoms with E-state index in [0.29, 0.717) is 36.7 Å². The number of rotatable bonds is 41. The fourth-order valence-electron chi connectivity index (χ4n) is 12.0. The van der Waals surface area contributed by atoms with Gasteiger partial charge in [0, 0.05) is 24.8 Å². The van der Waals surface area contributed by atoms with E-state index in [-0.39, 0.29) is 86.2 Å². The first-order valence-corrected chi connectivity index (χ1v) is 31.1. The molecule has 2 aromatic carbocycles. The predicted molar refractivity (Wildman–Crippen MR) is 300 cm³/mol. The summed E-state index contributed by atoms with van der Waals surface area (Å²) in [5, 5.41) is 15.5. The lowest BCUT2D eigenvalue weighted by Gasteiger charge is -2.50. The van der Waals surface area contributed by atoms with Crippen LogP contribution < -0.4 is 25.6 Å². The van der Waals surface area contributed by atoms with E-state index in [1.807, 2.05) is 6.07 Å². The van der Waals surface area contributed by atoms with Crippen LogP contribution in [-0.4, -0.2) is 88.2 Å². The van der Waals surface area contributed by atoms with Gasteiger partial charge in [0.25, 0.3) is 5.91 Å². The minimum absolute atomic E-state index is 0.0294. The van der Waals surface area contributed by atoms with Crippen molar-refractivity contribution in [3.05, 3.63) is 47.0 Å². The molecule has 0 radical (unpaired) electrons. The number of hydrogen-bond donors (Lipinski definition) is 4. The Balaban J connectivity index is 0.993. The summed E-state index contributed by atoms with van der Waals surface area (Å²) in [6, 6.07) is 8.96. The molecule has 5 rings (SSSR count). The standard InChI is InChI=1S/C60H96N3O13P/c1-5-7-9-11-13-15-17-19-21-23-38-73-77(69,74-39-24-22-20-18-16-14-12-10-8-6-2)76-46-26-28-47-45(43-46)25-27-49-48(47)35-36-60(3)50(49)29-32-53(60)75-56(66)44-72-42-41-71-40-37-62-54(64)33-34-55(65)63-51-30-31-52(70-4)57(58(51)67)59(61)68/h26,28,30-31,43,48-50,53,67H,5-25,27,29,32-42,44H2,1-4H3,(H2,61,68)(H,62,64)(H,63,65). The van der Waals surface area contributed by atoms with E-state index in [9.17, 15) is 28.8 Å². The van der Waals surface area contributed by atoms with Crippen LogP contribution in [0.1, 0.15) is 222 Å². The van der Waals surface area contributed by atoms with Crippen molar-refractivity contribution < 1.29 is 61.4 Å². The van der Waals surface area contributed by atoms with Gasteiger partial charge in [-0.15, -0.1) is 0 Å². The molecule has 0 aromatic heterocycles. The molecule has 434 valence electrons. The molecule has 0 saturated heterocycles. The highest BCUT2D eigenvalue weighted by Gasteiger charge is 2.56. The molecule has 3 aliphatic rings. The number of ether oxygens (including phenoxy) is 4. The summed E-state index contributed by atoms with van der Waals surface area (Å²) < 4.78 is 54.9. The summed E-state index contributed by atoms with van der Waals surface area (Å²) in [6.45, 7) is 8.13. The molecule has 16 nitrogen and oxygen atoms in total. The van der Waals surface area contributed by atoms with Gasteiger partial charge in [-0.1, -0.05) is 142 Å². The number of phosphoric ester groups is 1. The molecule has 2 aromatic rings. The number of amides is 3. The molecule has 3 amide bonds. The topological polar surface area (TPSA) is 220 Å². The maximum absolute atomic E-state index is 14.3. The van der Waals surface area contributed by atoms with Gasteiger partial charge < -0.3 is 44.9 Å². The second-order valence-electron chi connectivity index (χ2n) is 21.9. The van der Waals surface area contributed by atoms with Crippen LogP contribution in [0.15, 0.2) is 30.3 Å². The number of nitrogens with two attached hydrogens (primary N) is 1. The fourth-order valence-corrected chi connectivity index (χ4v) is 13.2. The van der Waals surface area contributed by atoms with Gasteiger partial charge >= 0.3 is 13.8 Å². The van der Waals surface area contributed by atoms with Gasteiger partial charge in [0.05, 0.1) is 45.8 Å². The number of methoxy groups -OCH3 is 1. The molecule has 0 heterocycles. The molecular weight excluding hydrogens is 1000 g/mol. The molecule has 17 heteroatoms. The monoisotopic (exact) mass is 1100 g/mol. The Morgan fingerprint density at radius 1 is 0.714 bits per heavy atom. The van der Waals surface area contributed by atoms with Crippen LogP contribution in [0.25, 0.3) is 0 Å². The van der Waals surface area contributed by atoms with E-state index in [2.05, 4.69) is 43.5 Å². The van der Waals surface area contributed by atoms with Gasteiger partial charge in [0.2, 0.25) is 11.8 Å². The van der Waals surface area contributed by atoms with Gasteiger partial charge in [0.15, 0.2) is 5.75 Å². The average Bonchev–Trinajstić information content (AvgIpc) is 3.79. The summed E-state index contributed by atoms with van der Waals surface area (Å²) in [6.07, 6.45) is 29.5. The van der Waals surface area contributed by atoms with Crippen LogP contribution in [0.4, 0.5) is 5.69 Å². The number of aromatic hydroxyl groups is 1. The molecule has 0 aliphatic heterocycles. The van der Waals surface area contributed by atoms with Crippen LogP contribution in [0.5, 0.6) is 17.2 Å². The normalized spacial score (nSPS) is 19.7. The highest BCUT2D eigenvalue weighted by Crippen LogP contribution is 2.62. The van der Waals surface area contributed by atoms with Crippen molar-refractivity contribution in [1.29, 1.82) is 0 Å². The average molecular weight is 1100 g/mol. The molecule has 2 fully saturated rings. The van der Waals surface area contributed by atoms with Crippen molar-refractivity contribution in [2.75, 3.05) is 58.6 Å². The number of phenols is 1. The molecule has 5 unspecified atom stereocenters. The van der Waals surface area contributed by atoms with Crippen molar-refractivity contribution in [2.45, 2.75) is 213 Å². The minimum atomic E-state index is -3.83. The Morgan fingerprint density at radius 3 is 1.92 bits per heavy atom. The summed E-state index contributed by atoms with van der Waals surface area (Å²) in [5.74, 6) is -0.813. The van der Waals surface area contributed by atoms with E-state index in [0.717, 1.165) is 77.0 Å². The number of unbranched alkanes of at least 4 members (excludes halogenated alkanes) is 18. The molecule has 77 heavy (non-hydrogen) atoms. The van der Waals surface area contributed by atoms with Crippen LogP contribution in [0.2, 0.25) is 0 Å². The van der Waals surface area contributed by atoms with Crippen LogP contribution in [0.3, 0.4) is 0 Å². The van der Waals surface area contributed by atoms with Gasteiger partial charge in [-0.25, -0.2) is 9.36 Å². The molecule has 3 aliphatic carbocycles. The number of nitrogens with one attached hydrogen (secondary N) is 2. The van der Waals surface area contributed by atoms with E-state index in [1.54, 1.807) is 0 Å². The zero-order valence-electron chi connectivity index (χ0n) is 47.3. The smallest absolute Gasteiger partial charge is 0.505 e. The Hall–Kier alpha value is -4.21. The first-order chi connectivity index (χ1) is 37.3. The number of fused-ring (bicyclic) bond motifs is 5. The number of carbonyl (C=O) groups excluding carboxylic acids is 4. The number of hydrogen-bond acceptors (Lipinski definition) is 13. The summed E-state index contributed by atoms with van der Waals surface area (Å²) in [5.41, 5.74) is 7.51. The number of anilines is 1. The maximum atomic E-state index is 14.3. The third-order valence-electron chi connectivity index (χ3n) is 16.2. The van der Waals surface area contributed by atoms with Crippen molar-refractivity contribution in [3.8, 4) is 17.2 Å².